The molecule has 0 radical (unpaired) electrons. The van der Waals surface area contributed by atoms with Gasteiger partial charge < -0.3 is 5.11 Å². The van der Waals surface area contributed by atoms with E-state index in [2.05, 4.69) is 51.4 Å². The molecule has 1 aliphatic heterocycles. The van der Waals surface area contributed by atoms with Crippen molar-refractivity contribution in [3.63, 3.8) is 0 Å². The van der Waals surface area contributed by atoms with Crippen LogP contribution in [0.25, 0.3) is 0 Å². The minimum Gasteiger partial charge on any atom is -0.396 e. The van der Waals surface area contributed by atoms with Crippen LogP contribution < -0.4 is 0 Å². The Morgan fingerprint density at radius 3 is 2.70 bits per heavy atom. The average molecular weight is 408 g/mol. The molecule has 0 bridgehead atoms. The van der Waals surface area contributed by atoms with E-state index in [9.17, 15) is 5.11 Å². The molecule has 0 aromatic rings. The summed E-state index contributed by atoms with van der Waals surface area (Å²) in [5, 5.41) is 10.0. The molecule has 7 atom stereocenters. The van der Waals surface area contributed by atoms with Gasteiger partial charge in [-0.15, -0.1) is 0 Å². The zero-order valence-electron chi connectivity index (χ0n) is 19.6. The lowest BCUT2D eigenvalue weighted by molar-refractivity contribution is 0.0696. The molecule has 0 amide bonds. The fourth-order valence-electron chi connectivity index (χ4n) is 8.74. The minimum absolute atomic E-state index is 0.306. The summed E-state index contributed by atoms with van der Waals surface area (Å²) in [5.74, 6) is 3.38. The van der Waals surface area contributed by atoms with Gasteiger partial charge in [0.1, 0.15) is 0 Å². The summed E-state index contributed by atoms with van der Waals surface area (Å²) < 4.78 is 0. The van der Waals surface area contributed by atoms with E-state index in [1.165, 1.54) is 49.7 Å². The third-order valence-corrected chi connectivity index (χ3v) is 10.3. The molecule has 4 aliphatic carbocycles. The maximum Gasteiger partial charge on any atom is 0.0576 e. The van der Waals surface area contributed by atoms with Crippen LogP contribution in [0, 0.1) is 45.8 Å². The molecule has 3 fully saturated rings. The fraction of sp³-hybridized carbons (Fsp3) is 0.750. The van der Waals surface area contributed by atoms with Crippen molar-refractivity contribution in [2.24, 2.45) is 50.8 Å². The van der Waals surface area contributed by atoms with Crippen molar-refractivity contribution in [2.45, 2.75) is 72.6 Å². The van der Waals surface area contributed by atoms with Crippen LogP contribution in [-0.4, -0.2) is 24.5 Å². The highest BCUT2D eigenvalue weighted by molar-refractivity contribution is 5.80. The van der Waals surface area contributed by atoms with Gasteiger partial charge in [0.15, 0.2) is 0 Å². The van der Waals surface area contributed by atoms with Gasteiger partial charge in [0.2, 0.25) is 0 Å². The number of hydrogen-bond donors (Lipinski definition) is 1. The molecule has 0 saturated heterocycles. The smallest absolute Gasteiger partial charge is 0.0576 e. The zero-order chi connectivity index (χ0) is 21.3. The quantitative estimate of drug-likeness (QED) is 0.564. The van der Waals surface area contributed by atoms with Crippen molar-refractivity contribution in [1.82, 2.24) is 0 Å². The highest BCUT2D eigenvalue weighted by atomic mass is 16.3. The maximum absolute atomic E-state index is 10.0. The van der Waals surface area contributed by atoms with Crippen molar-refractivity contribution < 1.29 is 5.11 Å². The number of aliphatic hydroxyl groups is 1. The third kappa shape index (κ3) is 2.89. The predicted molar refractivity (Wildman–Crippen MR) is 126 cm³/mol. The normalized spacial score (nSPS) is 44.5. The number of rotatable bonds is 5. The zero-order valence-corrected chi connectivity index (χ0v) is 19.6. The van der Waals surface area contributed by atoms with Crippen LogP contribution in [0.5, 0.6) is 0 Å². The number of aliphatic imine (C=N–C) groups is 1. The molecular weight excluding hydrogens is 366 g/mol. The summed E-state index contributed by atoms with van der Waals surface area (Å²) in [5.41, 5.74) is 5.67. The monoisotopic (exact) mass is 407 g/mol. The molecule has 5 aliphatic rings. The Morgan fingerprint density at radius 2 is 2.00 bits per heavy atom. The second kappa shape index (κ2) is 6.92. The summed E-state index contributed by atoms with van der Waals surface area (Å²) in [6.07, 6.45) is 15.7. The first-order valence-corrected chi connectivity index (χ1v) is 12.4. The van der Waals surface area contributed by atoms with Crippen molar-refractivity contribution >= 4 is 6.21 Å². The Balaban J connectivity index is 1.36. The predicted octanol–water partition coefficient (Wildman–Crippen LogP) is 6.38. The lowest BCUT2D eigenvalue weighted by atomic mass is 9.50. The summed E-state index contributed by atoms with van der Waals surface area (Å²) in [6.45, 7) is 15.8. The summed E-state index contributed by atoms with van der Waals surface area (Å²) in [6, 6.07) is 0. The van der Waals surface area contributed by atoms with Crippen molar-refractivity contribution in [1.29, 1.82) is 0 Å². The number of hydrogen-bond acceptors (Lipinski definition) is 2. The first kappa shape index (κ1) is 20.7. The van der Waals surface area contributed by atoms with E-state index < -0.39 is 0 Å². The van der Waals surface area contributed by atoms with E-state index in [1.54, 1.807) is 5.57 Å². The van der Waals surface area contributed by atoms with Gasteiger partial charge in [0.25, 0.3) is 0 Å². The minimum atomic E-state index is 0.306. The van der Waals surface area contributed by atoms with Crippen LogP contribution in [-0.2, 0) is 0 Å². The van der Waals surface area contributed by atoms with Crippen LogP contribution >= 0.6 is 0 Å². The summed E-state index contributed by atoms with van der Waals surface area (Å²) in [7, 11) is 0. The maximum atomic E-state index is 10.0. The molecule has 1 N–H and O–H groups in total. The van der Waals surface area contributed by atoms with Gasteiger partial charge in [-0.1, -0.05) is 57.6 Å². The SMILES string of the molecule is C=C1C=C2[C@]3(CC[C@@H](C[C@H](CO)CC4=CCN=C4)C3)CC[C@H](C)[C@@]2(C)[C@H]2[C@@H]1C2(C)C. The molecule has 164 valence electrons. The summed E-state index contributed by atoms with van der Waals surface area (Å²) >= 11 is 0. The van der Waals surface area contributed by atoms with Crippen molar-refractivity contribution in [3.05, 3.63) is 35.5 Å². The molecule has 5 rings (SSSR count). The second-order valence-corrected chi connectivity index (χ2v) is 12.3. The van der Waals surface area contributed by atoms with Crippen LogP contribution in [0.3, 0.4) is 0 Å². The molecule has 0 aromatic heterocycles. The van der Waals surface area contributed by atoms with Gasteiger partial charge in [-0.05, 0) is 96.4 Å². The van der Waals surface area contributed by atoms with Gasteiger partial charge in [-0.25, -0.2) is 0 Å². The average Bonchev–Trinajstić information content (AvgIpc) is 3.09. The standard InChI is InChI=1S/C28H41NO/c1-18-12-23-27(5,25-24(18)26(25,3)4)19(2)6-9-28(23)10-7-20(15-28)13-22(17-30)14-21-8-11-29-16-21/h8,12,16,19-20,22,24-25,30H,1,6-7,9-11,13-15,17H2,2-5H3/t19-,20-,22-,24+,25-,27+,28-/m0/s1. The van der Waals surface area contributed by atoms with Gasteiger partial charge in [0, 0.05) is 12.8 Å². The lowest BCUT2D eigenvalue weighted by Crippen LogP contribution is -2.45. The molecule has 3 saturated carbocycles. The summed E-state index contributed by atoms with van der Waals surface area (Å²) in [4.78, 5) is 4.33. The van der Waals surface area contributed by atoms with Gasteiger partial charge in [0.05, 0.1) is 6.54 Å². The first-order valence-electron chi connectivity index (χ1n) is 12.4. The van der Waals surface area contributed by atoms with E-state index in [1.807, 2.05) is 6.21 Å². The third-order valence-electron chi connectivity index (χ3n) is 10.3. The number of aliphatic hydroxyl groups excluding tert-OH is 1. The molecule has 0 aromatic carbocycles. The Hall–Kier alpha value is -1.15. The molecule has 1 spiro atoms. The van der Waals surface area contributed by atoms with Crippen LogP contribution in [0.1, 0.15) is 72.6 Å². The Labute approximate surface area is 183 Å². The number of fused-ring (bicyclic) bond motifs is 4. The van der Waals surface area contributed by atoms with Crippen LogP contribution in [0.15, 0.2) is 40.4 Å². The van der Waals surface area contributed by atoms with E-state index in [-0.39, 0.29) is 0 Å². The van der Waals surface area contributed by atoms with E-state index in [0.717, 1.165) is 30.7 Å². The van der Waals surface area contributed by atoms with E-state index in [4.69, 9.17) is 0 Å². The molecule has 2 nitrogen and oxygen atoms in total. The Bertz CT molecular complexity index is 832. The van der Waals surface area contributed by atoms with Crippen LogP contribution in [0.4, 0.5) is 0 Å². The van der Waals surface area contributed by atoms with Gasteiger partial charge in [-0.3, -0.25) is 4.99 Å². The molecular formula is C28H41NO. The lowest BCUT2D eigenvalue weighted by Gasteiger charge is -2.54. The molecule has 2 heteroatoms. The highest BCUT2D eigenvalue weighted by Gasteiger charge is 2.71. The van der Waals surface area contributed by atoms with Crippen molar-refractivity contribution in [2.75, 3.05) is 13.2 Å². The molecule has 30 heavy (non-hydrogen) atoms. The van der Waals surface area contributed by atoms with E-state index >= 15 is 0 Å². The van der Waals surface area contributed by atoms with Crippen LogP contribution in [0.2, 0.25) is 0 Å². The van der Waals surface area contributed by atoms with E-state index in [0.29, 0.717) is 34.7 Å². The fourth-order valence-corrected chi connectivity index (χ4v) is 8.74. The largest absolute Gasteiger partial charge is 0.396 e. The number of nitrogens with zero attached hydrogens (tertiary/aromatic N) is 1. The van der Waals surface area contributed by atoms with Gasteiger partial charge in [-0.2, -0.15) is 0 Å². The second-order valence-electron chi connectivity index (χ2n) is 12.3. The molecule has 0 unspecified atom stereocenters. The highest BCUT2D eigenvalue weighted by Crippen LogP contribution is 2.78. The Morgan fingerprint density at radius 1 is 1.23 bits per heavy atom. The topological polar surface area (TPSA) is 32.6 Å². The van der Waals surface area contributed by atoms with Gasteiger partial charge >= 0.3 is 0 Å². The Kier molecular flexibility index (Phi) is 4.79. The molecule has 1 heterocycles. The first-order chi connectivity index (χ1) is 14.2. The van der Waals surface area contributed by atoms with Crippen molar-refractivity contribution in [3.8, 4) is 0 Å². The number of allylic oxidation sites excluding steroid dienone is 4.